The standard InChI is InChI=1S/C17H24N2O3/c20-17(19-14-5-3-1-2-4-6-14)13-7-8-16(18-11-13)22-15-9-10-21-12-15/h7-8,11,14-15H,1-6,9-10,12H2,(H,19,20). The van der Waals surface area contributed by atoms with Gasteiger partial charge in [0.25, 0.3) is 5.91 Å². The predicted octanol–water partition coefficient (Wildman–Crippen LogP) is 2.70. The lowest BCUT2D eigenvalue weighted by molar-refractivity contribution is 0.0932. The number of ether oxygens (including phenoxy) is 2. The Balaban J connectivity index is 1.53. The van der Waals surface area contributed by atoms with Crippen molar-refractivity contribution in [3.8, 4) is 5.88 Å². The lowest BCUT2D eigenvalue weighted by atomic mass is 10.1. The highest BCUT2D eigenvalue weighted by molar-refractivity contribution is 5.94. The first-order valence-electron chi connectivity index (χ1n) is 8.32. The van der Waals surface area contributed by atoms with Gasteiger partial charge in [0, 0.05) is 24.7 Å². The Morgan fingerprint density at radius 1 is 1.18 bits per heavy atom. The van der Waals surface area contributed by atoms with E-state index in [-0.39, 0.29) is 12.0 Å². The van der Waals surface area contributed by atoms with Crippen LogP contribution in [0, 0.1) is 0 Å². The zero-order valence-corrected chi connectivity index (χ0v) is 12.9. The first-order valence-corrected chi connectivity index (χ1v) is 8.32. The van der Waals surface area contributed by atoms with Crippen molar-refractivity contribution in [3.63, 3.8) is 0 Å². The number of nitrogens with zero attached hydrogens (tertiary/aromatic N) is 1. The number of aromatic nitrogens is 1. The number of nitrogens with one attached hydrogen (secondary N) is 1. The average molecular weight is 304 g/mol. The van der Waals surface area contributed by atoms with Crippen LogP contribution in [0.15, 0.2) is 18.3 Å². The first kappa shape index (κ1) is 15.3. The molecule has 1 aromatic heterocycles. The molecule has 0 bridgehead atoms. The summed E-state index contributed by atoms with van der Waals surface area (Å²) < 4.78 is 11.0. The normalized spacial score (nSPS) is 23.0. The van der Waals surface area contributed by atoms with E-state index in [1.165, 1.54) is 25.7 Å². The summed E-state index contributed by atoms with van der Waals surface area (Å²) in [5.74, 6) is 0.525. The molecule has 1 saturated heterocycles. The van der Waals surface area contributed by atoms with Crippen LogP contribution in [0.2, 0.25) is 0 Å². The lowest BCUT2D eigenvalue weighted by Gasteiger charge is -2.16. The second kappa shape index (κ2) is 7.58. The molecule has 0 spiro atoms. The molecular weight excluding hydrogens is 280 g/mol. The molecule has 1 aromatic rings. The number of rotatable bonds is 4. The van der Waals surface area contributed by atoms with Gasteiger partial charge in [0.1, 0.15) is 6.10 Å². The van der Waals surface area contributed by atoms with Crippen LogP contribution in [0.3, 0.4) is 0 Å². The molecule has 1 aliphatic carbocycles. The van der Waals surface area contributed by atoms with Gasteiger partial charge in [-0.3, -0.25) is 4.79 Å². The van der Waals surface area contributed by atoms with E-state index in [0.717, 1.165) is 25.9 Å². The summed E-state index contributed by atoms with van der Waals surface area (Å²) in [6.45, 7) is 1.36. The minimum absolute atomic E-state index is 0.0323. The Morgan fingerprint density at radius 2 is 2.00 bits per heavy atom. The fraction of sp³-hybridized carbons (Fsp3) is 0.647. The number of carbonyl (C=O) groups excluding carboxylic acids is 1. The first-order chi connectivity index (χ1) is 10.8. The van der Waals surface area contributed by atoms with Crippen molar-refractivity contribution in [1.29, 1.82) is 0 Å². The molecule has 1 saturated carbocycles. The van der Waals surface area contributed by atoms with Crippen molar-refractivity contribution < 1.29 is 14.3 Å². The monoisotopic (exact) mass is 304 g/mol. The zero-order chi connectivity index (χ0) is 15.2. The topological polar surface area (TPSA) is 60.5 Å². The van der Waals surface area contributed by atoms with E-state index in [2.05, 4.69) is 10.3 Å². The fourth-order valence-corrected chi connectivity index (χ4v) is 3.05. The van der Waals surface area contributed by atoms with E-state index in [1.54, 1.807) is 18.3 Å². The van der Waals surface area contributed by atoms with Gasteiger partial charge in [-0.25, -0.2) is 4.98 Å². The number of hydrogen-bond acceptors (Lipinski definition) is 4. The third-order valence-electron chi connectivity index (χ3n) is 4.36. The maximum absolute atomic E-state index is 12.3. The molecular formula is C17H24N2O3. The van der Waals surface area contributed by atoms with E-state index >= 15 is 0 Å². The van der Waals surface area contributed by atoms with E-state index < -0.39 is 0 Å². The van der Waals surface area contributed by atoms with Crippen molar-refractivity contribution >= 4 is 5.91 Å². The van der Waals surface area contributed by atoms with Crippen LogP contribution >= 0.6 is 0 Å². The molecule has 1 N–H and O–H groups in total. The van der Waals surface area contributed by atoms with Crippen LogP contribution in [0.25, 0.3) is 0 Å². The summed E-state index contributed by atoms with van der Waals surface area (Å²) in [6.07, 6.45) is 9.72. The molecule has 1 unspecified atom stereocenters. The van der Waals surface area contributed by atoms with Crippen molar-refractivity contribution in [2.75, 3.05) is 13.2 Å². The van der Waals surface area contributed by atoms with Gasteiger partial charge in [0.05, 0.1) is 18.8 Å². The number of carbonyl (C=O) groups is 1. The quantitative estimate of drug-likeness (QED) is 0.869. The third kappa shape index (κ3) is 4.19. The maximum Gasteiger partial charge on any atom is 0.253 e. The maximum atomic E-state index is 12.3. The zero-order valence-electron chi connectivity index (χ0n) is 12.9. The summed E-state index contributed by atoms with van der Waals surface area (Å²) in [6, 6.07) is 3.85. The smallest absolute Gasteiger partial charge is 0.253 e. The number of hydrogen-bond donors (Lipinski definition) is 1. The van der Waals surface area contributed by atoms with Crippen LogP contribution in [0.5, 0.6) is 5.88 Å². The summed E-state index contributed by atoms with van der Waals surface area (Å²) in [7, 11) is 0. The third-order valence-corrected chi connectivity index (χ3v) is 4.36. The van der Waals surface area contributed by atoms with E-state index in [1.807, 2.05) is 0 Å². The van der Waals surface area contributed by atoms with E-state index in [0.29, 0.717) is 24.1 Å². The van der Waals surface area contributed by atoms with Crippen molar-refractivity contribution in [1.82, 2.24) is 10.3 Å². The molecule has 5 nitrogen and oxygen atoms in total. The SMILES string of the molecule is O=C(NC1CCCCCC1)c1ccc(OC2CCOC2)nc1. The highest BCUT2D eigenvalue weighted by Gasteiger charge is 2.19. The van der Waals surface area contributed by atoms with E-state index in [9.17, 15) is 4.79 Å². The summed E-state index contributed by atoms with van der Waals surface area (Å²) in [4.78, 5) is 16.5. The second-order valence-electron chi connectivity index (χ2n) is 6.15. The van der Waals surface area contributed by atoms with Crippen LogP contribution < -0.4 is 10.1 Å². The molecule has 120 valence electrons. The molecule has 2 fully saturated rings. The molecule has 5 heteroatoms. The number of amides is 1. The lowest BCUT2D eigenvalue weighted by Crippen LogP contribution is -2.34. The largest absolute Gasteiger partial charge is 0.472 e. The number of pyridine rings is 1. The van der Waals surface area contributed by atoms with Crippen LogP contribution in [-0.4, -0.2) is 36.3 Å². The van der Waals surface area contributed by atoms with Crippen LogP contribution in [0.4, 0.5) is 0 Å². The van der Waals surface area contributed by atoms with Crippen molar-refractivity contribution in [3.05, 3.63) is 23.9 Å². The molecule has 0 aromatic carbocycles. The highest BCUT2D eigenvalue weighted by atomic mass is 16.5. The van der Waals surface area contributed by atoms with Crippen LogP contribution in [0.1, 0.15) is 55.3 Å². The van der Waals surface area contributed by atoms with Crippen molar-refractivity contribution in [2.24, 2.45) is 0 Å². The Kier molecular flexibility index (Phi) is 5.27. The molecule has 0 radical (unpaired) electrons. The summed E-state index contributed by atoms with van der Waals surface area (Å²) in [5, 5.41) is 3.13. The average Bonchev–Trinajstić information content (AvgIpc) is 2.91. The van der Waals surface area contributed by atoms with Gasteiger partial charge in [0.2, 0.25) is 5.88 Å². The molecule has 2 aliphatic rings. The second-order valence-corrected chi connectivity index (χ2v) is 6.15. The van der Waals surface area contributed by atoms with Gasteiger partial charge >= 0.3 is 0 Å². The molecule has 22 heavy (non-hydrogen) atoms. The van der Waals surface area contributed by atoms with Gasteiger partial charge in [-0.1, -0.05) is 25.7 Å². The van der Waals surface area contributed by atoms with Gasteiger partial charge in [-0.15, -0.1) is 0 Å². The van der Waals surface area contributed by atoms with E-state index in [4.69, 9.17) is 9.47 Å². The minimum atomic E-state index is -0.0323. The Morgan fingerprint density at radius 3 is 2.64 bits per heavy atom. The molecule has 2 heterocycles. The molecule has 3 rings (SSSR count). The fourth-order valence-electron chi connectivity index (χ4n) is 3.05. The van der Waals surface area contributed by atoms with Gasteiger partial charge in [-0.05, 0) is 18.9 Å². The predicted molar refractivity (Wildman–Crippen MR) is 83.0 cm³/mol. The Bertz CT molecular complexity index is 475. The molecule has 1 atom stereocenters. The molecule has 1 aliphatic heterocycles. The minimum Gasteiger partial charge on any atom is -0.472 e. The van der Waals surface area contributed by atoms with Gasteiger partial charge in [0.15, 0.2) is 0 Å². The van der Waals surface area contributed by atoms with Gasteiger partial charge in [-0.2, -0.15) is 0 Å². The van der Waals surface area contributed by atoms with Gasteiger partial charge < -0.3 is 14.8 Å². The summed E-state index contributed by atoms with van der Waals surface area (Å²) in [5.41, 5.74) is 0.597. The Hall–Kier alpha value is -1.62. The Labute approximate surface area is 131 Å². The molecule has 1 amide bonds. The van der Waals surface area contributed by atoms with Crippen LogP contribution in [-0.2, 0) is 4.74 Å². The van der Waals surface area contributed by atoms with Crippen molar-refractivity contribution in [2.45, 2.75) is 57.1 Å². The summed E-state index contributed by atoms with van der Waals surface area (Å²) >= 11 is 0. The highest BCUT2D eigenvalue weighted by Crippen LogP contribution is 2.18.